The minimum absolute atomic E-state index is 0.280. The van der Waals surface area contributed by atoms with Gasteiger partial charge in [-0.2, -0.15) is 0 Å². The molecule has 0 atom stereocenters. The molecule has 3 N–H and O–H groups in total. The van der Waals surface area contributed by atoms with Crippen LogP contribution in [0, 0.1) is 4.77 Å². The van der Waals surface area contributed by atoms with Crippen LogP contribution in [0.1, 0.15) is 10.5 Å². The van der Waals surface area contributed by atoms with Gasteiger partial charge in [0, 0.05) is 30.1 Å². The molecule has 0 saturated carbocycles. The van der Waals surface area contributed by atoms with Crippen LogP contribution in [-0.4, -0.2) is 41.2 Å². The van der Waals surface area contributed by atoms with Gasteiger partial charge in [0.15, 0.2) is 11.5 Å². The SMILES string of the molecule is COc1cc2nc(=S)n(CCNC(=O)c3cccc(-c4ccccc4)n3)c(N)c2cc1OC. The number of aromatic nitrogens is 3. The van der Waals surface area contributed by atoms with Crippen molar-refractivity contribution in [1.82, 2.24) is 19.9 Å². The molecule has 0 fully saturated rings. The Bertz CT molecular complexity index is 1370. The van der Waals surface area contributed by atoms with Gasteiger partial charge in [-0.1, -0.05) is 36.4 Å². The predicted molar refractivity (Wildman–Crippen MR) is 130 cm³/mol. The number of carbonyl (C=O) groups is 1. The monoisotopic (exact) mass is 461 g/mol. The van der Waals surface area contributed by atoms with Crippen LogP contribution >= 0.6 is 12.2 Å². The Morgan fingerprint density at radius 2 is 1.76 bits per heavy atom. The minimum Gasteiger partial charge on any atom is -0.493 e. The van der Waals surface area contributed by atoms with Crippen molar-refractivity contribution in [3.63, 3.8) is 0 Å². The smallest absolute Gasteiger partial charge is 0.269 e. The Morgan fingerprint density at radius 1 is 1.03 bits per heavy atom. The van der Waals surface area contributed by atoms with Gasteiger partial charge in [0.25, 0.3) is 5.91 Å². The van der Waals surface area contributed by atoms with E-state index in [1.54, 1.807) is 37.0 Å². The number of benzene rings is 2. The van der Waals surface area contributed by atoms with E-state index in [1.807, 2.05) is 42.5 Å². The largest absolute Gasteiger partial charge is 0.493 e. The summed E-state index contributed by atoms with van der Waals surface area (Å²) in [4.78, 5) is 21.6. The lowest BCUT2D eigenvalue weighted by atomic mass is 10.1. The highest BCUT2D eigenvalue weighted by Crippen LogP contribution is 2.33. The highest BCUT2D eigenvalue weighted by Gasteiger charge is 2.13. The second kappa shape index (κ2) is 9.66. The highest BCUT2D eigenvalue weighted by molar-refractivity contribution is 7.71. The molecule has 1 amide bonds. The molecular weight excluding hydrogens is 438 g/mol. The summed E-state index contributed by atoms with van der Waals surface area (Å²) in [6, 6.07) is 18.6. The molecule has 33 heavy (non-hydrogen) atoms. The molecule has 9 heteroatoms. The van der Waals surface area contributed by atoms with Gasteiger partial charge in [0.05, 0.1) is 25.4 Å². The van der Waals surface area contributed by atoms with Crippen molar-refractivity contribution >= 4 is 34.8 Å². The first-order valence-electron chi connectivity index (χ1n) is 10.2. The predicted octanol–water partition coefficient (Wildman–Crippen LogP) is 3.86. The first kappa shape index (κ1) is 22.2. The van der Waals surface area contributed by atoms with E-state index in [0.29, 0.717) is 51.8 Å². The zero-order chi connectivity index (χ0) is 23.4. The molecule has 2 aromatic heterocycles. The summed E-state index contributed by atoms with van der Waals surface area (Å²) in [5.74, 6) is 1.24. The average molecular weight is 462 g/mol. The number of pyridine rings is 1. The van der Waals surface area contributed by atoms with Gasteiger partial charge in [-0.15, -0.1) is 0 Å². The van der Waals surface area contributed by atoms with Gasteiger partial charge in [-0.3, -0.25) is 4.79 Å². The molecule has 4 aromatic rings. The Kier molecular flexibility index (Phi) is 6.50. The highest BCUT2D eigenvalue weighted by atomic mass is 32.1. The van der Waals surface area contributed by atoms with Gasteiger partial charge in [-0.05, 0) is 30.4 Å². The van der Waals surface area contributed by atoms with Gasteiger partial charge < -0.3 is 25.1 Å². The molecule has 0 saturated heterocycles. The third-order valence-corrected chi connectivity index (χ3v) is 5.50. The van der Waals surface area contributed by atoms with E-state index in [1.165, 1.54) is 0 Å². The number of nitrogens with zero attached hydrogens (tertiary/aromatic N) is 3. The van der Waals surface area contributed by atoms with Crippen LogP contribution in [0.5, 0.6) is 11.5 Å². The second-order valence-electron chi connectivity index (χ2n) is 7.19. The molecule has 8 nitrogen and oxygen atoms in total. The van der Waals surface area contributed by atoms with Crippen molar-refractivity contribution < 1.29 is 14.3 Å². The van der Waals surface area contributed by atoms with Crippen LogP contribution in [0.2, 0.25) is 0 Å². The first-order valence-corrected chi connectivity index (χ1v) is 10.7. The van der Waals surface area contributed by atoms with Gasteiger partial charge >= 0.3 is 0 Å². The van der Waals surface area contributed by atoms with Crippen molar-refractivity contribution in [2.24, 2.45) is 0 Å². The van der Waals surface area contributed by atoms with Gasteiger partial charge in [-0.25, -0.2) is 9.97 Å². The third-order valence-electron chi connectivity index (χ3n) is 5.19. The van der Waals surface area contributed by atoms with E-state index in [-0.39, 0.29) is 5.91 Å². The number of hydrogen-bond donors (Lipinski definition) is 2. The third kappa shape index (κ3) is 4.63. The van der Waals surface area contributed by atoms with Crippen molar-refractivity contribution in [1.29, 1.82) is 0 Å². The summed E-state index contributed by atoms with van der Waals surface area (Å²) < 4.78 is 12.7. The van der Waals surface area contributed by atoms with E-state index < -0.39 is 0 Å². The summed E-state index contributed by atoms with van der Waals surface area (Å²) in [7, 11) is 3.11. The summed E-state index contributed by atoms with van der Waals surface area (Å²) in [5.41, 5.74) is 9.00. The van der Waals surface area contributed by atoms with Crippen LogP contribution in [0.25, 0.3) is 22.2 Å². The van der Waals surface area contributed by atoms with E-state index >= 15 is 0 Å². The molecule has 4 rings (SSSR count). The van der Waals surface area contributed by atoms with Crippen LogP contribution in [-0.2, 0) is 6.54 Å². The molecule has 0 aliphatic rings. The van der Waals surface area contributed by atoms with E-state index in [4.69, 9.17) is 27.4 Å². The zero-order valence-electron chi connectivity index (χ0n) is 18.2. The number of carbonyl (C=O) groups excluding carboxylic acids is 1. The number of anilines is 1. The van der Waals surface area contributed by atoms with Crippen molar-refractivity contribution in [2.45, 2.75) is 6.54 Å². The molecule has 0 bridgehead atoms. The van der Waals surface area contributed by atoms with Gasteiger partial charge in [0.1, 0.15) is 11.5 Å². The second-order valence-corrected chi connectivity index (χ2v) is 7.55. The Morgan fingerprint density at radius 3 is 2.48 bits per heavy atom. The van der Waals surface area contributed by atoms with E-state index in [0.717, 1.165) is 11.3 Å². The van der Waals surface area contributed by atoms with Crippen LogP contribution in [0.3, 0.4) is 0 Å². The van der Waals surface area contributed by atoms with Crippen molar-refractivity contribution in [2.75, 3.05) is 26.5 Å². The van der Waals surface area contributed by atoms with Gasteiger partial charge in [0.2, 0.25) is 4.77 Å². The number of amides is 1. The van der Waals surface area contributed by atoms with E-state index in [9.17, 15) is 4.79 Å². The summed E-state index contributed by atoms with van der Waals surface area (Å²) in [6.45, 7) is 0.654. The number of rotatable bonds is 7. The van der Waals surface area contributed by atoms with Crippen molar-refractivity contribution in [3.05, 3.63) is 71.1 Å². The zero-order valence-corrected chi connectivity index (χ0v) is 19.1. The Hall–Kier alpha value is -3.98. The number of nitrogens with two attached hydrogens (primary N) is 1. The fraction of sp³-hybridized carbons (Fsp3) is 0.167. The fourth-order valence-corrected chi connectivity index (χ4v) is 3.78. The van der Waals surface area contributed by atoms with Crippen molar-refractivity contribution in [3.8, 4) is 22.8 Å². The number of methoxy groups -OCH3 is 2. The molecule has 2 heterocycles. The lowest BCUT2D eigenvalue weighted by molar-refractivity contribution is 0.0947. The number of fused-ring (bicyclic) bond motifs is 1. The van der Waals surface area contributed by atoms with Crippen LogP contribution < -0.4 is 20.5 Å². The Labute approximate surface area is 196 Å². The maximum atomic E-state index is 12.7. The quantitative estimate of drug-likeness (QED) is 0.403. The molecule has 0 spiro atoms. The molecule has 0 radical (unpaired) electrons. The maximum absolute atomic E-state index is 12.7. The van der Waals surface area contributed by atoms with Crippen LogP contribution in [0.15, 0.2) is 60.7 Å². The molecule has 168 valence electrons. The lowest BCUT2D eigenvalue weighted by Crippen LogP contribution is -2.29. The maximum Gasteiger partial charge on any atom is 0.269 e. The summed E-state index contributed by atoms with van der Waals surface area (Å²) in [6.07, 6.45) is 0. The number of nitrogen functional groups attached to an aromatic ring is 1. The molecule has 0 unspecified atom stereocenters. The Balaban J connectivity index is 1.51. The fourth-order valence-electron chi connectivity index (χ4n) is 3.50. The molecular formula is C24H23N5O3S. The van der Waals surface area contributed by atoms with E-state index in [2.05, 4.69) is 15.3 Å². The van der Waals surface area contributed by atoms with Crippen LogP contribution in [0.4, 0.5) is 5.82 Å². The summed E-state index contributed by atoms with van der Waals surface area (Å²) in [5, 5.41) is 3.56. The number of hydrogen-bond acceptors (Lipinski definition) is 7. The molecule has 0 aliphatic carbocycles. The number of ether oxygens (including phenoxy) is 2. The number of nitrogens with one attached hydrogen (secondary N) is 1. The normalized spacial score (nSPS) is 10.7. The summed E-state index contributed by atoms with van der Waals surface area (Å²) >= 11 is 5.43. The lowest BCUT2D eigenvalue weighted by Gasteiger charge is -2.15. The topological polar surface area (TPSA) is 104 Å². The standard InChI is InChI=1S/C24H23N5O3S/c1-31-20-13-16-19(14-21(20)32-2)28-24(33)29(22(16)25)12-11-26-23(30)18-10-6-9-17(27-18)15-7-4-3-5-8-15/h3-10,13-14H,11-12,25H2,1-2H3,(H,26,30). The minimum atomic E-state index is -0.280. The molecule has 2 aromatic carbocycles. The first-order chi connectivity index (χ1) is 16.0. The average Bonchev–Trinajstić information content (AvgIpc) is 2.85. The molecule has 0 aliphatic heterocycles.